The Hall–Kier alpha value is -1.50. The number of nitrogens with one attached hydrogen (secondary N) is 1. The summed E-state index contributed by atoms with van der Waals surface area (Å²) in [6.45, 7) is 1.57. The first kappa shape index (κ1) is 12.6. The van der Waals surface area contributed by atoms with Gasteiger partial charge in [0, 0.05) is 19.0 Å². The van der Waals surface area contributed by atoms with E-state index in [-0.39, 0.29) is 12.4 Å². The first-order valence-corrected chi connectivity index (χ1v) is 4.86. The van der Waals surface area contributed by atoms with Crippen LogP contribution in [-0.4, -0.2) is 34.1 Å². The fraction of sp³-hybridized carbons (Fsp3) is 0.556. The van der Waals surface area contributed by atoms with Gasteiger partial charge in [0.1, 0.15) is 23.6 Å². The highest BCUT2D eigenvalue weighted by atomic mass is 19.3. The van der Waals surface area contributed by atoms with E-state index in [4.69, 9.17) is 10.8 Å². The number of rotatable bonds is 5. The van der Waals surface area contributed by atoms with Crippen molar-refractivity contribution < 1.29 is 13.9 Å². The Balaban J connectivity index is 2.63. The van der Waals surface area contributed by atoms with Gasteiger partial charge in [0.05, 0.1) is 0 Å². The highest BCUT2D eigenvalue weighted by Gasteiger charge is 2.16. The van der Waals surface area contributed by atoms with E-state index in [0.29, 0.717) is 18.1 Å². The van der Waals surface area contributed by atoms with Crippen LogP contribution in [0.1, 0.15) is 12.7 Å². The number of aryl methyl sites for hydroxylation is 1. The summed E-state index contributed by atoms with van der Waals surface area (Å²) < 4.78 is 24.0. The largest absolute Gasteiger partial charge is 0.385 e. The van der Waals surface area contributed by atoms with Crippen LogP contribution in [0.3, 0.4) is 0 Å². The summed E-state index contributed by atoms with van der Waals surface area (Å²) in [4.78, 5) is 7.96. The Morgan fingerprint density at radius 3 is 2.75 bits per heavy atom. The van der Waals surface area contributed by atoms with Gasteiger partial charge in [0.2, 0.25) is 0 Å². The molecule has 0 aromatic carbocycles. The Labute approximate surface area is 91.7 Å². The van der Waals surface area contributed by atoms with E-state index in [2.05, 4.69) is 15.3 Å². The number of nitrogen functional groups attached to an aromatic ring is 1. The maximum atomic E-state index is 12.0. The molecule has 0 radical (unpaired) electrons. The zero-order valence-electron chi connectivity index (χ0n) is 8.82. The highest BCUT2D eigenvalue weighted by molar-refractivity contribution is 5.44. The molecule has 0 spiro atoms. The molecule has 0 saturated carbocycles. The van der Waals surface area contributed by atoms with Gasteiger partial charge in [-0.05, 0) is 0 Å². The van der Waals surface area contributed by atoms with Crippen LogP contribution in [0.2, 0.25) is 0 Å². The second-order valence-corrected chi connectivity index (χ2v) is 3.23. The molecule has 0 fully saturated rings. The van der Waals surface area contributed by atoms with Crippen molar-refractivity contribution >= 4 is 11.6 Å². The standard InChI is InChI=1S/C9H14F2N4O/c1-2-7-14-6(12)3-8(15-7)13-4-5(16)9(10)11/h3,5,9,16H,2,4H2,1H3,(H3,12,13,14,15). The lowest BCUT2D eigenvalue weighted by atomic mass is 10.3. The molecule has 1 aromatic heterocycles. The van der Waals surface area contributed by atoms with E-state index < -0.39 is 12.5 Å². The van der Waals surface area contributed by atoms with Crippen LogP contribution in [0.5, 0.6) is 0 Å². The summed E-state index contributed by atoms with van der Waals surface area (Å²) in [5.74, 6) is 1.12. The van der Waals surface area contributed by atoms with Gasteiger partial charge in [-0.25, -0.2) is 18.7 Å². The van der Waals surface area contributed by atoms with Crippen LogP contribution in [0.4, 0.5) is 20.4 Å². The molecule has 1 aromatic rings. The molecule has 0 aliphatic heterocycles. The highest BCUT2D eigenvalue weighted by Crippen LogP contribution is 2.09. The maximum Gasteiger partial charge on any atom is 0.265 e. The number of nitrogens with two attached hydrogens (primary N) is 1. The maximum absolute atomic E-state index is 12.0. The molecule has 0 saturated heterocycles. The number of aliphatic hydroxyl groups is 1. The van der Waals surface area contributed by atoms with Crippen molar-refractivity contribution in [1.29, 1.82) is 0 Å². The number of aliphatic hydroxyl groups excluding tert-OH is 1. The summed E-state index contributed by atoms with van der Waals surface area (Å²) in [7, 11) is 0. The molecule has 7 heteroatoms. The number of halogens is 2. The molecular weight excluding hydrogens is 218 g/mol. The van der Waals surface area contributed by atoms with E-state index in [1.165, 1.54) is 6.07 Å². The summed E-state index contributed by atoms with van der Waals surface area (Å²) in [5, 5.41) is 11.5. The number of anilines is 2. The normalized spacial score (nSPS) is 12.8. The van der Waals surface area contributed by atoms with E-state index in [0.717, 1.165) is 0 Å². The molecule has 1 atom stereocenters. The van der Waals surface area contributed by atoms with Crippen LogP contribution in [-0.2, 0) is 6.42 Å². The van der Waals surface area contributed by atoms with Gasteiger partial charge in [0.15, 0.2) is 0 Å². The average Bonchev–Trinajstić information content (AvgIpc) is 2.24. The number of nitrogens with zero attached hydrogens (tertiary/aromatic N) is 2. The zero-order chi connectivity index (χ0) is 12.1. The molecule has 5 nitrogen and oxygen atoms in total. The fourth-order valence-corrected chi connectivity index (χ4v) is 1.06. The molecule has 0 bridgehead atoms. The number of aromatic nitrogens is 2. The molecule has 1 unspecified atom stereocenters. The summed E-state index contributed by atoms with van der Waals surface area (Å²) in [6, 6.07) is 1.43. The minimum absolute atomic E-state index is 0.265. The van der Waals surface area contributed by atoms with E-state index in [1.807, 2.05) is 6.92 Å². The molecule has 0 amide bonds. The van der Waals surface area contributed by atoms with Crippen molar-refractivity contribution in [2.24, 2.45) is 0 Å². The molecule has 90 valence electrons. The van der Waals surface area contributed by atoms with Crippen molar-refractivity contribution in [2.75, 3.05) is 17.6 Å². The van der Waals surface area contributed by atoms with Crippen molar-refractivity contribution in [1.82, 2.24) is 9.97 Å². The summed E-state index contributed by atoms with van der Waals surface area (Å²) in [5.41, 5.74) is 5.50. The van der Waals surface area contributed by atoms with Gasteiger partial charge < -0.3 is 16.2 Å². The van der Waals surface area contributed by atoms with Gasteiger partial charge >= 0.3 is 0 Å². The molecule has 0 aliphatic rings. The van der Waals surface area contributed by atoms with Gasteiger partial charge in [-0.15, -0.1) is 0 Å². The molecule has 1 heterocycles. The molecule has 4 N–H and O–H groups in total. The topological polar surface area (TPSA) is 84.1 Å². The minimum atomic E-state index is -2.78. The van der Waals surface area contributed by atoms with E-state index in [9.17, 15) is 8.78 Å². The monoisotopic (exact) mass is 232 g/mol. The van der Waals surface area contributed by atoms with Crippen LogP contribution in [0.25, 0.3) is 0 Å². The quantitative estimate of drug-likeness (QED) is 0.694. The van der Waals surface area contributed by atoms with E-state index >= 15 is 0 Å². The molecule has 1 rings (SSSR count). The average molecular weight is 232 g/mol. The predicted molar refractivity (Wildman–Crippen MR) is 56.3 cm³/mol. The lowest BCUT2D eigenvalue weighted by molar-refractivity contribution is 0.00380. The van der Waals surface area contributed by atoms with Gasteiger partial charge in [-0.2, -0.15) is 0 Å². The molecule has 16 heavy (non-hydrogen) atoms. The van der Waals surface area contributed by atoms with Crippen LogP contribution in [0.15, 0.2) is 6.07 Å². The van der Waals surface area contributed by atoms with Crippen LogP contribution < -0.4 is 11.1 Å². The third-order valence-corrected chi connectivity index (χ3v) is 1.89. The lowest BCUT2D eigenvalue weighted by Crippen LogP contribution is -2.27. The second kappa shape index (κ2) is 5.55. The van der Waals surface area contributed by atoms with Crippen molar-refractivity contribution in [2.45, 2.75) is 25.9 Å². The van der Waals surface area contributed by atoms with Crippen molar-refractivity contribution in [3.63, 3.8) is 0 Å². The zero-order valence-corrected chi connectivity index (χ0v) is 8.82. The SMILES string of the molecule is CCc1nc(N)cc(NCC(O)C(F)F)n1. The fourth-order valence-electron chi connectivity index (χ4n) is 1.06. The Bertz CT molecular complexity index is 348. The smallest absolute Gasteiger partial charge is 0.265 e. The van der Waals surface area contributed by atoms with Gasteiger partial charge in [0.25, 0.3) is 6.43 Å². The number of alkyl halides is 2. The summed E-state index contributed by atoms with van der Waals surface area (Å²) in [6.07, 6.45) is -3.91. The van der Waals surface area contributed by atoms with Gasteiger partial charge in [-0.1, -0.05) is 6.92 Å². The second-order valence-electron chi connectivity index (χ2n) is 3.23. The summed E-state index contributed by atoms with van der Waals surface area (Å²) >= 11 is 0. The third kappa shape index (κ3) is 3.58. The minimum Gasteiger partial charge on any atom is -0.385 e. The van der Waals surface area contributed by atoms with E-state index in [1.54, 1.807) is 0 Å². The predicted octanol–water partition coefficient (Wildman–Crippen LogP) is 0.659. The van der Waals surface area contributed by atoms with Crippen molar-refractivity contribution in [3.8, 4) is 0 Å². The Morgan fingerprint density at radius 1 is 1.50 bits per heavy atom. The van der Waals surface area contributed by atoms with Gasteiger partial charge in [-0.3, -0.25) is 0 Å². The third-order valence-electron chi connectivity index (χ3n) is 1.89. The Kier molecular flexibility index (Phi) is 4.36. The molecular formula is C9H14F2N4O. The first-order chi connectivity index (χ1) is 7.52. The molecule has 0 aliphatic carbocycles. The van der Waals surface area contributed by atoms with Crippen molar-refractivity contribution in [3.05, 3.63) is 11.9 Å². The Morgan fingerprint density at radius 2 is 2.19 bits per heavy atom. The number of hydrogen-bond donors (Lipinski definition) is 3. The number of hydrogen-bond acceptors (Lipinski definition) is 5. The lowest BCUT2D eigenvalue weighted by Gasteiger charge is -2.11. The van der Waals surface area contributed by atoms with Crippen LogP contribution >= 0.6 is 0 Å². The van der Waals surface area contributed by atoms with Crippen LogP contribution in [0, 0.1) is 0 Å². The first-order valence-electron chi connectivity index (χ1n) is 4.86.